The van der Waals surface area contributed by atoms with E-state index in [1.54, 1.807) is 10.9 Å². The zero-order valence-corrected chi connectivity index (χ0v) is 16.1. The van der Waals surface area contributed by atoms with Crippen LogP contribution in [0.25, 0.3) is 11.0 Å². The Labute approximate surface area is 161 Å². The number of esters is 3. The zero-order valence-electron chi connectivity index (χ0n) is 16.1. The van der Waals surface area contributed by atoms with Crippen molar-refractivity contribution in [2.24, 2.45) is 0 Å². The van der Waals surface area contributed by atoms with Crippen molar-refractivity contribution in [2.75, 3.05) is 6.61 Å². The van der Waals surface area contributed by atoms with E-state index in [2.05, 4.69) is 4.98 Å². The monoisotopic (exact) mass is 390 g/mol. The highest BCUT2D eigenvalue weighted by atomic mass is 16.7. The maximum atomic E-state index is 11.7. The summed E-state index contributed by atoms with van der Waals surface area (Å²) in [4.78, 5) is 39.0. The number of aryl methyl sites for hydroxylation is 1. The van der Waals surface area contributed by atoms with E-state index in [1.807, 2.05) is 25.1 Å². The van der Waals surface area contributed by atoms with Crippen LogP contribution < -0.4 is 0 Å². The van der Waals surface area contributed by atoms with Gasteiger partial charge in [0.05, 0.1) is 17.4 Å². The smallest absolute Gasteiger partial charge is 0.303 e. The Balaban J connectivity index is 2.01. The van der Waals surface area contributed by atoms with Gasteiger partial charge in [-0.2, -0.15) is 0 Å². The average Bonchev–Trinajstić information content (AvgIpc) is 3.16. The first-order chi connectivity index (χ1) is 13.3. The number of fused-ring (bicyclic) bond motifs is 1. The third-order valence-corrected chi connectivity index (χ3v) is 4.42. The molecule has 2 aromatic rings. The number of hydrogen-bond donors (Lipinski definition) is 0. The molecular weight excluding hydrogens is 368 g/mol. The summed E-state index contributed by atoms with van der Waals surface area (Å²) in [6, 6.07) is 5.68. The Morgan fingerprint density at radius 3 is 2.39 bits per heavy atom. The van der Waals surface area contributed by atoms with Crippen LogP contribution in [0.2, 0.25) is 0 Å². The minimum atomic E-state index is -0.937. The number of nitrogens with zero attached hydrogens (tertiary/aromatic N) is 2. The first-order valence-electron chi connectivity index (χ1n) is 8.83. The van der Waals surface area contributed by atoms with Crippen molar-refractivity contribution < 1.29 is 33.3 Å². The lowest BCUT2D eigenvalue weighted by Gasteiger charge is -2.24. The first-order valence-corrected chi connectivity index (χ1v) is 8.83. The van der Waals surface area contributed by atoms with Gasteiger partial charge in [-0.05, 0) is 18.6 Å². The number of ether oxygens (including phenoxy) is 4. The molecule has 0 radical (unpaired) electrons. The van der Waals surface area contributed by atoms with Gasteiger partial charge in [-0.1, -0.05) is 12.1 Å². The molecule has 1 aromatic heterocycles. The lowest BCUT2D eigenvalue weighted by atomic mass is 10.1. The van der Waals surface area contributed by atoms with Crippen LogP contribution in [-0.4, -0.2) is 52.4 Å². The number of hydrogen-bond acceptors (Lipinski definition) is 8. The van der Waals surface area contributed by atoms with Crippen LogP contribution in [0.1, 0.15) is 32.6 Å². The normalized spacial score (nSPS) is 24.1. The van der Waals surface area contributed by atoms with Gasteiger partial charge in [-0.3, -0.25) is 14.4 Å². The Hall–Kier alpha value is -2.94. The number of imidazole rings is 1. The standard InChI is InChI=1S/C19H22N2O7/c1-10-6-5-7-14-16(10)20-9-21(14)19-18(27-13(4)24)17(26-12(3)23)15(28-19)8-25-11(2)22/h5-7,9,15,17-19H,8H2,1-4H3/t15-,17-,18-,19-/m1/s1. The molecule has 4 atom stereocenters. The third kappa shape index (κ3) is 3.99. The minimum absolute atomic E-state index is 0.146. The highest BCUT2D eigenvalue weighted by Crippen LogP contribution is 2.36. The molecule has 0 aliphatic carbocycles. The van der Waals surface area contributed by atoms with Crippen molar-refractivity contribution in [3.05, 3.63) is 30.1 Å². The molecule has 1 aromatic carbocycles. The van der Waals surface area contributed by atoms with Gasteiger partial charge >= 0.3 is 17.9 Å². The van der Waals surface area contributed by atoms with Crippen molar-refractivity contribution in [3.8, 4) is 0 Å². The predicted octanol–water partition coefficient (Wildman–Crippen LogP) is 1.67. The van der Waals surface area contributed by atoms with Gasteiger partial charge in [-0.25, -0.2) is 4.98 Å². The van der Waals surface area contributed by atoms with Crippen LogP contribution in [0, 0.1) is 6.92 Å². The van der Waals surface area contributed by atoms with E-state index < -0.39 is 42.4 Å². The lowest BCUT2D eigenvalue weighted by molar-refractivity contribution is -0.166. The van der Waals surface area contributed by atoms with Crippen LogP contribution in [0.3, 0.4) is 0 Å². The Morgan fingerprint density at radius 1 is 1.07 bits per heavy atom. The van der Waals surface area contributed by atoms with Gasteiger partial charge in [0.15, 0.2) is 18.4 Å². The molecule has 0 spiro atoms. The molecule has 1 aliphatic rings. The quantitative estimate of drug-likeness (QED) is 0.561. The number of aromatic nitrogens is 2. The Bertz CT molecular complexity index is 907. The van der Waals surface area contributed by atoms with E-state index in [0.29, 0.717) is 0 Å². The maximum Gasteiger partial charge on any atom is 0.303 e. The molecule has 28 heavy (non-hydrogen) atoms. The summed E-state index contributed by atoms with van der Waals surface area (Å²) in [6.45, 7) is 5.56. The Morgan fingerprint density at radius 2 is 1.75 bits per heavy atom. The van der Waals surface area contributed by atoms with Crippen LogP contribution in [0.4, 0.5) is 0 Å². The number of carbonyl (C=O) groups is 3. The molecule has 3 rings (SSSR count). The Kier molecular flexibility index (Phi) is 5.64. The molecule has 1 fully saturated rings. The molecule has 0 N–H and O–H groups in total. The van der Waals surface area contributed by atoms with E-state index in [-0.39, 0.29) is 6.61 Å². The molecule has 0 unspecified atom stereocenters. The number of carbonyl (C=O) groups excluding carboxylic acids is 3. The zero-order chi connectivity index (χ0) is 20.4. The van der Waals surface area contributed by atoms with Gasteiger partial charge in [-0.15, -0.1) is 0 Å². The van der Waals surface area contributed by atoms with Crippen LogP contribution >= 0.6 is 0 Å². The topological polar surface area (TPSA) is 106 Å². The average molecular weight is 390 g/mol. The molecule has 1 saturated heterocycles. The molecular formula is C19H22N2O7. The summed E-state index contributed by atoms with van der Waals surface area (Å²) in [5.74, 6) is -1.61. The lowest BCUT2D eigenvalue weighted by Crippen LogP contribution is -2.40. The molecule has 0 saturated carbocycles. The van der Waals surface area contributed by atoms with Crippen LogP contribution in [0.5, 0.6) is 0 Å². The van der Waals surface area contributed by atoms with Crippen molar-refractivity contribution in [1.82, 2.24) is 9.55 Å². The predicted molar refractivity (Wildman–Crippen MR) is 96.1 cm³/mol. The van der Waals surface area contributed by atoms with Crippen molar-refractivity contribution in [1.29, 1.82) is 0 Å². The van der Waals surface area contributed by atoms with E-state index in [1.165, 1.54) is 20.8 Å². The number of para-hydroxylation sites is 1. The van der Waals surface area contributed by atoms with Gasteiger partial charge in [0.2, 0.25) is 0 Å². The largest absolute Gasteiger partial charge is 0.463 e. The highest BCUT2D eigenvalue weighted by molar-refractivity contribution is 5.79. The molecule has 2 heterocycles. The minimum Gasteiger partial charge on any atom is -0.463 e. The fourth-order valence-corrected chi connectivity index (χ4v) is 3.32. The first kappa shape index (κ1) is 19.8. The maximum absolute atomic E-state index is 11.7. The van der Waals surface area contributed by atoms with Crippen LogP contribution in [0.15, 0.2) is 24.5 Å². The molecule has 1 aliphatic heterocycles. The van der Waals surface area contributed by atoms with Crippen molar-refractivity contribution in [3.63, 3.8) is 0 Å². The summed E-state index contributed by atoms with van der Waals surface area (Å²) in [5, 5.41) is 0. The third-order valence-electron chi connectivity index (χ3n) is 4.42. The fraction of sp³-hybridized carbons (Fsp3) is 0.474. The summed E-state index contributed by atoms with van der Waals surface area (Å²) in [5.41, 5.74) is 2.53. The second kappa shape index (κ2) is 7.97. The van der Waals surface area contributed by atoms with Gasteiger partial charge in [0.1, 0.15) is 12.7 Å². The molecule has 0 bridgehead atoms. The molecule has 150 valence electrons. The summed E-state index contributed by atoms with van der Waals surface area (Å²) in [7, 11) is 0. The molecule has 9 heteroatoms. The second-order valence-corrected chi connectivity index (χ2v) is 6.61. The van der Waals surface area contributed by atoms with E-state index in [0.717, 1.165) is 16.6 Å². The second-order valence-electron chi connectivity index (χ2n) is 6.61. The summed E-state index contributed by atoms with van der Waals surface area (Å²) >= 11 is 0. The summed E-state index contributed by atoms with van der Waals surface area (Å²) in [6.07, 6.45) is -1.89. The van der Waals surface area contributed by atoms with Gasteiger partial charge in [0.25, 0.3) is 0 Å². The highest BCUT2D eigenvalue weighted by Gasteiger charge is 2.50. The van der Waals surface area contributed by atoms with Crippen LogP contribution in [-0.2, 0) is 33.3 Å². The van der Waals surface area contributed by atoms with E-state index in [4.69, 9.17) is 18.9 Å². The van der Waals surface area contributed by atoms with Gasteiger partial charge < -0.3 is 23.5 Å². The molecule has 9 nitrogen and oxygen atoms in total. The summed E-state index contributed by atoms with van der Waals surface area (Å²) < 4.78 is 23.6. The van der Waals surface area contributed by atoms with Gasteiger partial charge in [0, 0.05) is 20.8 Å². The van der Waals surface area contributed by atoms with E-state index >= 15 is 0 Å². The SMILES string of the molecule is CC(=O)OC[C@H]1O[C@@H](n2cnc3c(C)cccc32)[C@H](OC(C)=O)[C@@H]1OC(C)=O. The number of benzene rings is 1. The van der Waals surface area contributed by atoms with Crippen molar-refractivity contribution in [2.45, 2.75) is 52.2 Å². The van der Waals surface area contributed by atoms with E-state index in [9.17, 15) is 14.4 Å². The van der Waals surface area contributed by atoms with Crippen molar-refractivity contribution >= 4 is 28.9 Å². The molecule has 0 amide bonds. The number of rotatable bonds is 5. The fourth-order valence-electron chi connectivity index (χ4n) is 3.32.